The van der Waals surface area contributed by atoms with Gasteiger partial charge in [0.15, 0.2) is 5.82 Å². The Hall–Kier alpha value is -4.15. The van der Waals surface area contributed by atoms with Gasteiger partial charge >= 0.3 is 0 Å². The first-order chi connectivity index (χ1) is 17.2. The zero-order chi connectivity index (χ0) is 25.2. The maximum atomic E-state index is 14.5. The number of fused-ring (bicyclic) bond motifs is 5. The molecule has 0 aliphatic heterocycles. The molecule has 1 amide bonds. The Balaban J connectivity index is 1.46. The fraction of sp³-hybridized carbons (Fsp3) is 0.320. The van der Waals surface area contributed by atoms with Gasteiger partial charge < -0.3 is 5.73 Å². The summed E-state index contributed by atoms with van der Waals surface area (Å²) < 4.78 is 30.4. The lowest BCUT2D eigenvalue weighted by Gasteiger charge is -2.37. The molecule has 3 heterocycles. The fourth-order valence-corrected chi connectivity index (χ4v) is 6.08. The molecule has 2 N–H and O–H groups in total. The summed E-state index contributed by atoms with van der Waals surface area (Å²) in [6, 6.07) is 7.38. The van der Waals surface area contributed by atoms with Crippen LogP contribution in [0.4, 0.5) is 8.78 Å². The van der Waals surface area contributed by atoms with E-state index in [-0.39, 0.29) is 34.8 Å². The standard InChI is InChI=1S/C25H22F2N8O/c1-24(2)14-6-8-25(24,18-7-9-29-23(31-18)35-12-30-20(34-35)11-19(28)36)22-13(14)10-17(32-33-22)21-15(26)4-3-5-16(21)27/h3-5,7,9-10,12,14H,6,8,11H2,1-2H3,(H2,28,36)/t14-,25-/m0/s1. The average Bonchev–Trinajstić information content (AvgIpc) is 3.46. The van der Waals surface area contributed by atoms with Crippen molar-refractivity contribution in [2.75, 3.05) is 0 Å². The van der Waals surface area contributed by atoms with Crippen LogP contribution in [0.5, 0.6) is 0 Å². The molecule has 2 aliphatic carbocycles. The summed E-state index contributed by atoms with van der Waals surface area (Å²) in [4.78, 5) is 24.5. The summed E-state index contributed by atoms with van der Waals surface area (Å²) >= 11 is 0. The van der Waals surface area contributed by atoms with E-state index >= 15 is 0 Å². The first-order valence-electron chi connectivity index (χ1n) is 11.6. The maximum Gasteiger partial charge on any atom is 0.252 e. The molecule has 36 heavy (non-hydrogen) atoms. The quantitative estimate of drug-likeness (QED) is 0.458. The molecule has 2 atom stereocenters. The Morgan fingerprint density at radius 1 is 1.17 bits per heavy atom. The molecule has 4 aromatic rings. The third-order valence-corrected chi connectivity index (χ3v) is 7.76. The predicted octanol–water partition coefficient (Wildman–Crippen LogP) is 3.02. The topological polar surface area (TPSA) is 125 Å². The van der Waals surface area contributed by atoms with Gasteiger partial charge in [0.1, 0.15) is 18.0 Å². The highest BCUT2D eigenvalue weighted by atomic mass is 19.1. The van der Waals surface area contributed by atoms with E-state index in [1.54, 1.807) is 12.3 Å². The molecule has 6 rings (SSSR count). The number of primary amides is 1. The van der Waals surface area contributed by atoms with Crippen molar-refractivity contribution in [3.63, 3.8) is 0 Å². The number of rotatable bonds is 5. The lowest BCUT2D eigenvalue weighted by Crippen LogP contribution is -2.38. The van der Waals surface area contributed by atoms with Crippen molar-refractivity contribution in [3.8, 4) is 17.2 Å². The van der Waals surface area contributed by atoms with Crippen molar-refractivity contribution in [2.45, 2.75) is 44.4 Å². The van der Waals surface area contributed by atoms with Crippen LogP contribution in [0.1, 0.15) is 55.4 Å². The summed E-state index contributed by atoms with van der Waals surface area (Å²) in [7, 11) is 0. The van der Waals surface area contributed by atoms with E-state index in [0.29, 0.717) is 5.95 Å². The molecular formula is C25H22F2N8O. The van der Waals surface area contributed by atoms with E-state index in [1.807, 2.05) is 6.07 Å². The van der Waals surface area contributed by atoms with Crippen LogP contribution < -0.4 is 5.73 Å². The number of carbonyl (C=O) groups is 1. The predicted molar refractivity (Wildman–Crippen MR) is 124 cm³/mol. The van der Waals surface area contributed by atoms with Crippen molar-refractivity contribution >= 4 is 5.91 Å². The normalized spacial score (nSPS) is 21.5. The molecule has 0 radical (unpaired) electrons. The van der Waals surface area contributed by atoms with Gasteiger partial charge in [0.2, 0.25) is 5.91 Å². The lowest BCUT2D eigenvalue weighted by molar-refractivity contribution is -0.117. The second kappa shape index (κ2) is 7.67. The molecule has 0 spiro atoms. The van der Waals surface area contributed by atoms with Gasteiger partial charge in [-0.15, -0.1) is 10.2 Å². The van der Waals surface area contributed by atoms with Gasteiger partial charge in [-0.25, -0.2) is 23.7 Å². The molecule has 2 aliphatic rings. The highest BCUT2D eigenvalue weighted by Crippen LogP contribution is 2.69. The number of amides is 1. The van der Waals surface area contributed by atoms with Crippen LogP contribution in [0.3, 0.4) is 0 Å². The molecule has 1 fully saturated rings. The fourth-order valence-electron chi connectivity index (χ4n) is 6.08. The highest BCUT2D eigenvalue weighted by molar-refractivity contribution is 5.75. The molecule has 182 valence electrons. The third-order valence-electron chi connectivity index (χ3n) is 7.76. The van der Waals surface area contributed by atoms with Crippen molar-refractivity contribution in [3.05, 3.63) is 77.3 Å². The minimum atomic E-state index is -0.676. The monoisotopic (exact) mass is 488 g/mol. The van der Waals surface area contributed by atoms with E-state index in [9.17, 15) is 13.6 Å². The van der Waals surface area contributed by atoms with E-state index < -0.39 is 23.0 Å². The first-order valence-corrected chi connectivity index (χ1v) is 11.6. The summed E-state index contributed by atoms with van der Waals surface area (Å²) in [5.41, 5.74) is 6.84. The number of halogens is 2. The van der Waals surface area contributed by atoms with Crippen molar-refractivity contribution in [1.29, 1.82) is 0 Å². The minimum Gasteiger partial charge on any atom is -0.369 e. The molecule has 11 heteroatoms. The number of aromatic nitrogens is 7. The van der Waals surface area contributed by atoms with E-state index in [1.165, 1.54) is 29.2 Å². The molecule has 1 saturated carbocycles. The number of carbonyl (C=O) groups excluding carboxylic acids is 1. The van der Waals surface area contributed by atoms with Crippen molar-refractivity contribution in [1.82, 2.24) is 34.9 Å². The van der Waals surface area contributed by atoms with Gasteiger partial charge in [-0.05, 0) is 54.0 Å². The number of nitrogens with two attached hydrogens (primary N) is 1. The maximum absolute atomic E-state index is 14.5. The third kappa shape index (κ3) is 3.01. The molecule has 1 aromatic carbocycles. The second-order valence-corrected chi connectivity index (χ2v) is 9.84. The van der Waals surface area contributed by atoms with Gasteiger partial charge in [0.05, 0.1) is 34.5 Å². The van der Waals surface area contributed by atoms with Crippen LogP contribution in [-0.2, 0) is 16.6 Å². The van der Waals surface area contributed by atoms with Crippen LogP contribution in [-0.4, -0.2) is 40.8 Å². The van der Waals surface area contributed by atoms with Crippen molar-refractivity contribution in [2.24, 2.45) is 11.1 Å². The van der Waals surface area contributed by atoms with E-state index in [2.05, 4.69) is 39.1 Å². The van der Waals surface area contributed by atoms with Gasteiger partial charge in [0, 0.05) is 6.20 Å². The van der Waals surface area contributed by atoms with Crippen LogP contribution in [0.25, 0.3) is 17.2 Å². The van der Waals surface area contributed by atoms with E-state index in [0.717, 1.165) is 29.8 Å². The summed E-state index contributed by atoms with van der Waals surface area (Å²) in [6.07, 6.45) is 4.67. The SMILES string of the molecule is CC1(C)[C@H]2CC[C@]1(c1ccnc(-n3cnc(CC(N)=O)n3)n1)c1nnc(-c3c(F)cccc3F)cc12. The van der Waals surface area contributed by atoms with Crippen LogP contribution in [0.2, 0.25) is 0 Å². The first kappa shape index (κ1) is 22.3. The molecule has 0 unspecified atom stereocenters. The Morgan fingerprint density at radius 2 is 1.94 bits per heavy atom. The Morgan fingerprint density at radius 3 is 2.69 bits per heavy atom. The van der Waals surface area contributed by atoms with E-state index in [4.69, 9.17) is 10.7 Å². The second-order valence-electron chi connectivity index (χ2n) is 9.84. The van der Waals surface area contributed by atoms with Gasteiger partial charge in [-0.2, -0.15) is 9.78 Å². The smallest absolute Gasteiger partial charge is 0.252 e. The number of benzene rings is 1. The Kier molecular flexibility index (Phi) is 4.76. The largest absolute Gasteiger partial charge is 0.369 e. The Bertz CT molecular complexity index is 1510. The van der Waals surface area contributed by atoms with Gasteiger partial charge in [-0.1, -0.05) is 19.9 Å². The van der Waals surface area contributed by atoms with Crippen LogP contribution in [0.15, 0.2) is 42.9 Å². The summed E-state index contributed by atoms with van der Waals surface area (Å²) in [5, 5.41) is 13.1. The van der Waals surface area contributed by atoms with Gasteiger partial charge in [-0.3, -0.25) is 4.79 Å². The Labute approximate surface area is 204 Å². The molecule has 0 saturated heterocycles. The zero-order valence-electron chi connectivity index (χ0n) is 19.6. The average molecular weight is 489 g/mol. The van der Waals surface area contributed by atoms with Gasteiger partial charge in [0.25, 0.3) is 5.95 Å². The zero-order valence-corrected chi connectivity index (χ0v) is 19.6. The highest BCUT2D eigenvalue weighted by Gasteiger charge is 2.65. The van der Waals surface area contributed by atoms with Crippen LogP contribution >= 0.6 is 0 Å². The minimum absolute atomic E-state index is 0.0841. The molecule has 9 nitrogen and oxygen atoms in total. The summed E-state index contributed by atoms with van der Waals surface area (Å²) in [5.74, 6) is -1.19. The number of nitrogens with zero attached hydrogens (tertiary/aromatic N) is 7. The molecular weight excluding hydrogens is 466 g/mol. The summed E-state index contributed by atoms with van der Waals surface area (Å²) in [6.45, 7) is 4.33. The van der Waals surface area contributed by atoms with Crippen molar-refractivity contribution < 1.29 is 13.6 Å². The molecule has 3 aromatic heterocycles. The number of hydrogen-bond donors (Lipinski definition) is 1. The van der Waals surface area contributed by atoms with Crippen LogP contribution in [0, 0.1) is 17.0 Å². The molecule has 2 bridgehead atoms. The lowest BCUT2D eigenvalue weighted by atomic mass is 9.66. The number of hydrogen-bond acceptors (Lipinski definition) is 7.